The molecule has 0 aromatic heterocycles. The maximum atomic E-state index is 12.1. The van der Waals surface area contributed by atoms with Gasteiger partial charge in [-0.1, -0.05) is 12.1 Å². The number of alkyl halides is 2. The van der Waals surface area contributed by atoms with Gasteiger partial charge in [0.15, 0.2) is 0 Å². The molecule has 1 fully saturated rings. The van der Waals surface area contributed by atoms with Crippen molar-refractivity contribution in [1.82, 2.24) is 10.2 Å². The van der Waals surface area contributed by atoms with Crippen molar-refractivity contribution in [3.63, 3.8) is 0 Å². The van der Waals surface area contributed by atoms with Gasteiger partial charge < -0.3 is 19.7 Å². The number of carbonyl (C=O) groups is 2. The highest BCUT2D eigenvalue weighted by atomic mass is 19.3. The Morgan fingerprint density at radius 2 is 1.88 bits per heavy atom. The Labute approximate surface area is 145 Å². The standard InChI is InChI=1S/C17H22F2N2O4/c1-2-24-17(23)21-9-7-13(8-10-21)20-15(22)11-12-3-5-14(6-4-12)25-16(18)19/h3-6,13,16H,2,7-11H2,1H3,(H,20,22). The molecule has 0 spiro atoms. The fourth-order valence-electron chi connectivity index (χ4n) is 2.67. The fourth-order valence-corrected chi connectivity index (χ4v) is 2.67. The molecule has 1 N–H and O–H groups in total. The normalized spacial score (nSPS) is 15.1. The molecule has 2 rings (SSSR count). The number of likely N-dealkylation sites (tertiary alicyclic amines) is 1. The highest BCUT2D eigenvalue weighted by molar-refractivity contribution is 5.79. The molecule has 0 aliphatic carbocycles. The Kier molecular flexibility index (Phi) is 6.97. The first-order chi connectivity index (χ1) is 12.0. The van der Waals surface area contributed by atoms with Crippen LogP contribution in [0.1, 0.15) is 25.3 Å². The Morgan fingerprint density at radius 3 is 2.44 bits per heavy atom. The van der Waals surface area contributed by atoms with Crippen LogP contribution in [0, 0.1) is 0 Å². The third-order valence-corrected chi connectivity index (χ3v) is 3.90. The van der Waals surface area contributed by atoms with Crippen molar-refractivity contribution in [2.24, 2.45) is 0 Å². The maximum absolute atomic E-state index is 12.1. The third-order valence-electron chi connectivity index (χ3n) is 3.90. The van der Waals surface area contributed by atoms with Crippen LogP contribution in [-0.2, 0) is 16.0 Å². The van der Waals surface area contributed by atoms with E-state index in [4.69, 9.17) is 4.74 Å². The SMILES string of the molecule is CCOC(=O)N1CCC(NC(=O)Cc2ccc(OC(F)F)cc2)CC1. The summed E-state index contributed by atoms with van der Waals surface area (Å²) in [5.74, 6) is -0.0809. The molecule has 1 heterocycles. The van der Waals surface area contributed by atoms with Gasteiger partial charge in [-0.15, -0.1) is 0 Å². The first kappa shape index (κ1) is 19.0. The molecule has 0 saturated carbocycles. The number of nitrogens with zero attached hydrogens (tertiary/aromatic N) is 1. The Bertz CT molecular complexity index is 573. The molecule has 0 atom stereocenters. The summed E-state index contributed by atoms with van der Waals surface area (Å²) in [6.07, 6.45) is 1.18. The number of benzene rings is 1. The van der Waals surface area contributed by atoms with Gasteiger partial charge in [0.05, 0.1) is 13.0 Å². The molecule has 2 amide bonds. The van der Waals surface area contributed by atoms with Crippen LogP contribution in [0.3, 0.4) is 0 Å². The van der Waals surface area contributed by atoms with Gasteiger partial charge in [-0.2, -0.15) is 8.78 Å². The molecular formula is C17H22F2N2O4. The van der Waals surface area contributed by atoms with Crippen LogP contribution >= 0.6 is 0 Å². The minimum atomic E-state index is -2.87. The van der Waals surface area contributed by atoms with Gasteiger partial charge in [0, 0.05) is 19.1 Å². The van der Waals surface area contributed by atoms with Gasteiger partial charge >= 0.3 is 12.7 Å². The van der Waals surface area contributed by atoms with Crippen molar-refractivity contribution in [1.29, 1.82) is 0 Å². The summed E-state index contributed by atoms with van der Waals surface area (Å²) >= 11 is 0. The summed E-state index contributed by atoms with van der Waals surface area (Å²) in [6.45, 7) is 0.329. The second-order valence-corrected chi connectivity index (χ2v) is 5.73. The molecule has 1 aromatic carbocycles. The van der Waals surface area contributed by atoms with E-state index in [1.165, 1.54) is 12.1 Å². The number of ether oxygens (including phenoxy) is 2. The molecule has 138 valence electrons. The average Bonchev–Trinajstić information content (AvgIpc) is 2.57. The molecule has 0 unspecified atom stereocenters. The number of halogens is 2. The number of amides is 2. The maximum Gasteiger partial charge on any atom is 0.409 e. The summed E-state index contributed by atoms with van der Waals surface area (Å²) in [5.41, 5.74) is 0.711. The second kappa shape index (κ2) is 9.19. The molecule has 1 aliphatic rings. The summed E-state index contributed by atoms with van der Waals surface area (Å²) in [7, 11) is 0. The van der Waals surface area contributed by atoms with Crippen molar-refractivity contribution in [2.75, 3.05) is 19.7 Å². The zero-order valence-electron chi connectivity index (χ0n) is 14.0. The van der Waals surface area contributed by atoms with Crippen LogP contribution in [0.15, 0.2) is 24.3 Å². The van der Waals surface area contributed by atoms with Crippen LogP contribution in [0.5, 0.6) is 5.75 Å². The van der Waals surface area contributed by atoms with Crippen molar-refractivity contribution >= 4 is 12.0 Å². The van der Waals surface area contributed by atoms with Crippen LogP contribution in [0.4, 0.5) is 13.6 Å². The number of nitrogens with one attached hydrogen (secondary N) is 1. The molecule has 1 saturated heterocycles. The molecule has 8 heteroatoms. The Hall–Kier alpha value is -2.38. The first-order valence-electron chi connectivity index (χ1n) is 8.22. The van der Waals surface area contributed by atoms with E-state index in [1.54, 1.807) is 24.0 Å². The Morgan fingerprint density at radius 1 is 1.24 bits per heavy atom. The van der Waals surface area contributed by atoms with Crippen molar-refractivity contribution in [3.05, 3.63) is 29.8 Å². The molecule has 6 nitrogen and oxygen atoms in total. The highest BCUT2D eigenvalue weighted by Gasteiger charge is 2.24. The van der Waals surface area contributed by atoms with Crippen LogP contribution in [0.2, 0.25) is 0 Å². The zero-order chi connectivity index (χ0) is 18.2. The highest BCUT2D eigenvalue weighted by Crippen LogP contribution is 2.16. The van der Waals surface area contributed by atoms with Gasteiger partial charge in [-0.25, -0.2) is 4.79 Å². The van der Waals surface area contributed by atoms with Gasteiger partial charge in [-0.05, 0) is 37.5 Å². The second-order valence-electron chi connectivity index (χ2n) is 5.73. The number of piperidine rings is 1. The predicted octanol–water partition coefficient (Wildman–Crippen LogP) is 2.57. The minimum absolute atomic E-state index is 0.0135. The van der Waals surface area contributed by atoms with Crippen molar-refractivity contribution < 1.29 is 27.8 Å². The summed E-state index contributed by atoms with van der Waals surface area (Å²) in [5, 5.41) is 2.94. The van der Waals surface area contributed by atoms with Gasteiger partial charge in [-0.3, -0.25) is 4.79 Å². The topological polar surface area (TPSA) is 67.9 Å². The van der Waals surface area contributed by atoms with Crippen LogP contribution < -0.4 is 10.1 Å². The molecule has 0 bridgehead atoms. The zero-order valence-corrected chi connectivity index (χ0v) is 14.0. The summed E-state index contributed by atoms with van der Waals surface area (Å²) in [4.78, 5) is 25.3. The van der Waals surface area contributed by atoms with E-state index in [0.29, 0.717) is 38.1 Å². The van der Waals surface area contributed by atoms with E-state index in [0.717, 1.165) is 0 Å². The molecule has 0 radical (unpaired) electrons. The Balaban J connectivity index is 1.75. The first-order valence-corrected chi connectivity index (χ1v) is 8.22. The molecule has 25 heavy (non-hydrogen) atoms. The molecular weight excluding hydrogens is 334 g/mol. The van der Waals surface area contributed by atoms with E-state index in [9.17, 15) is 18.4 Å². The number of hydrogen-bond acceptors (Lipinski definition) is 4. The monoisotopic (exact) mass is 356 g/mol. The quantitative estimate of drug-likeness (QED) is 0.851. The minimum Gasteiger partial charge on any atom is -0.450 e. The van der Waals surface area contributed by atoms with Crippen LogP contribution in [-0.4, -0.2) is 49.3 Å². The van der Waals surface area contributed by atoms with E-state index in [-0.39, 0.29) is 30.2 Å². The van der Waals surface area contributed by atoms with Gasteiger partial charge in [0.1, 0.15) is 5.75 Å². The van der Waals surface area contributed by atoms with E-state index in [2.05, 4.69) is 10.1 Å². The number of rotatable bonds is 6. The predicted molar refractivity (Wildman–Crippen MR) is 86.5 cm³/mol. The summed E-state index contributed by atoms with van der Waals surface area (Å²) < 4.78 is 33.4. The van der Waals surface area contributed by atoms with E-state index >= 15 is 0 Å². The summed E-state index contributed by atoms with van der Waals surface area (Å²) in [6, 6.07) is 6.00. The van der Waals surface area contributed by atoms with Gasteiger partial charge in [0.2, 0.25) is 5.91 Å². The van der Waals surface area contributed by atoms with E-state index < -0.39 is 6.61 Å². The number of hydrogen-bond donors (Lipinski definition) is 1. The van der Waals surface area contributed by atoms with Crippen molar-refractivity contribution in [3.8, 4) is 5.75 Å². The van der Waals surface area contributed by atoms with Crippen LogP contribution in [0.25, 0.3) is 0 Å². The lowest BCUT2D eigenvalue weighted by atomic mass is 10.0. The van der Waals surface area contributed by atoms with Crippen molar-refractivity contribution in [2.45, 2.75) is 38.8 Å². The smallest absolute Gasteiger partial charge is 0.409 e. The molecule has 1 aliphatic heterocycles. The van der Waals surface area contributed by atoms with E-state index in [1.807, 2.05) is 0 Å². The lowest BCUT2D eigenvalue weighted by Gasteiger charge is -2.31. The lowest BCUT2D eigenvalue weighted by Crippen LogP contribution is -2.47. The third kappa shape index (κ3) is 6.21. The van der Waals surface area contributed by atoms with Gasteiger partial charge in [0.25, 0.3) is 0 Å². The lowest BCUT2D eigenvalue weighted by molar-refractivity contribution is -0.121. The average molecular weight is 356 g/mol. The largest absolute Gasteiger partial charge is 0.450 e. The fraction of sp³-hybridized carbons (Fsp3) is 0.529. The number of carbonyl (C=O) groups excluding carboxylic acids is 2. The molecule has 1 aromatic rings.